The lowest BCUT2D eigenvalue weighted by atomic mass is 9.68. The Morgan fingerprint density at radius 2 is 1.48 bits per heavy atom. The smallest absolute Gasteiger partial charge is 0.0140 e. The van der Waals surface area contributed by atoms with E-state index in [0.717, 1.165) is 35.5 Å². The van der Waals surface area contributed by atoms with Crippen LogP contribution >= 0.6 is 0 Å². The normalized spacial score (nSPS) is 36.2. The first kappa shape index (κ1) is 22.9. The van der Waals surface area contributed by atoms with Crippen molar-refractivity contribution in [1.29, 1.82) is 0 Å². The van der Waals surface area contributed by atoms with Gasteiger partial charge in [-0.05, 0) is 113 Å². The van der Waals surface area contributed by atoms with Gasteiger partial charge in [0.25, 0.3) is 0 Å². The first-order valence-electron chi connectivity index (χ1n) is 13.2. The van der Waals surface area contributed by atoms with Gasteiger partial charge < -0.3 is 0 Å². The Kier molecular flexibility index (Phi) is 9.60. The molecule has 164 valence electrons. The van der Waals surface area contributed by atoms with E-state index >= 15 is 0 Å². The average Bonchev–Trinajstić information content (AvgIpc) is 2.78. The molecule has 0 heterocycles. The summed E-state index contributed by atoms with van der Waals surface area (Å²) in [5.41, 5.74) is 1.64. The molecule has 2 atom stereocenters. The van der Waals surface area contributed by atoms with Crippen molar-refractivity contribution in [2.24, 2.45) is 35.5 Å². The van der Waals surface area contributed by atoms with E-state index in [-0.39, 0.29) is 0 Å². The lowest BCUT2D eigenvalue weighted by Gasteiger charge is -2.37. The van der Waals surface area contributed by atoms with Gasteiger partial charge in [0.05, 0.1) is 0 Å². The topological polar surface area (TPSA) is 0 Å². The third kappa shape index (κ3) is 6.86. The van der Waals surface area contributed by atoms with E-state index in [1.807, 2.05) is 0 Å². The SMILES string of the molecule is C=CC1CCC(CC/C=C/C2CCCCC2C(=C)C2CCC(CCC)CC2)CC1. The van der Waals surface area contributed by atoms with Crippen molar-refractivity contribution in [3.8, 4) is 0 Å². The molecule has 0 heteroatoms. The van der Waals surface area contributed by atoms with Gasteiger partial charge in [0.1, 0.15) is 0 Å². The molecule has 3 fully saturated rings. The molecular formula is C29H48. The molecule has 0 nitrogen and oxygen atoms in total. The molecule has 0 bridgehead atoms. The minimum Gasteiger partial charge on any atom is -0.103 e. The highest BCUT2D eigenvalue weighted by Gasteiger charge is 2.31. The van der Waals surface area contributed by atoms with Gasteiger partial charge in [0.15, 0.2) is 0 Å². The monoisotopic (exact) mass is 396 g/mol. The van der Waals surface area contributed by atoms with Crippen LogP contribution in [0.5, 0.6) is 0 Å². The maximum absolute atomic E-state index is 4.70. The first-order valence-corrected chi connectivity index (χ1v) is 13.2. The summed E-state index contributed by atoms with van der Waals surface area (Å²) in [6, 6.07) is 0. The van der Waals surface area contributed by atoms with Crippen LogP contribution in [0.2, 0.25) is 0 Å². The highest BCUT2D eigenvalue weighted by Crippen LogP contribution is 2.43. The zero-order chi connectivity index (χ0) is 20.5. The van der Waals surface area contributed by atoms with Crippen LogP contribution in [-0.4, -0.2) is 0 Å². The highest BCUT2D eigenvalue weighted by atomic mass is 14.4. The molecule has 3 aliphatic rings. The van der Waals surface area contributed by atoms with Crippen LogP contribution in [-0.2, 0) is 0 Å². The van der Waals surface area contributed by atoms with Gasteiger partial charge in [0.2, 0.25) is 0 Å². The second-order valence-corrected chi connectivity index (χ2v) is 10.7. The second-order valence-electron chi connectivity index (χ2n) is 10.7. The van der Waals surface area contributed by atoms with Crippen LogP contribution in [0.15, 0.2) is 37.0 Å². The molecule has 29 heavy (non-hydrogen) atoms. The van der Waals surface area contributed by atoms with Gasteiger partial charge >= 0.3 is 0 Å². The van der Waals surface area contributed by atoms with E-state index < -0.39 is 0 Å². The number of hydrogen-bond donors (Lipinski definition) is 0. The van der Waals surface area contributed by atoms with Gasteiger partial charge in [-0.1, -0.05) is 63.0 Å². The summed E-state index contributed by atoms with van der Waals surface area (Å²) < 4.78 is 0. The van der Waals surface area contributed by atoms with Crippen molar-refractivity contribution < 1.29 is 0 Å². The van der Waals surface area contributed by atoms with E-state index in [1.165, 1.54) is 103 Å². The van der Waals surface area contributed by atoms with Crippen LogP contribution in [0.4, 0.5) is 0 Å². The van der Waals surface area contributed by atoms with Crippen LogP contribution in [0.1, 0.15) is 110 Å². The fraction of sp³-hybridized carbons (Fsp3) is 0.793. The predicted molar refractivity (Wildman–Crippen MR) is 129 cm³/mol. The summed E-state index contributed by atoms with van der Waals surface area (Å²) in [4.78, 5) is 0. The molecular weight excluding hydrogens is 348 g/mol. The van der Waals surface area contributed by atoms with E-state index in [2.05, 4.69) is 31.7 Å². The van der Waals surface area contributed by atoms with Gasteiger partial charge in [-0.25, -0.2) is 0 Å². The lowest BCUT2D eigenvalue weighted by Crippen LogP contribution is -2.25. The Bertz CT molecular complexity index is 510. The van der Waals surface area contributed by atoms with E-state index in [0.29, 0.717) is 0 Å². The molecule has 0 amide bonds. The fourth-order valence-corrected chi connectivity index (χ4v) is 6.70. The van der Waals surface area contributed by atoms with E-state index in [9.17, 15) is 0 Å². The predicted octanol–water partition coefficient (Wildman–Crippen LogP) is 9.28. The van der Waals surface area contributed by atoms with Gasteiger partial charge in [-0.15, -0.1) is 6.58 Å². The summed E-state index contributed by atoms with van der Waals surface area (Å²) in [5, 5.41) is 0. The second kappa shape index (κ2) is 12.2. The molecule has 0 aromatic rings. The van der Waals surface area contributed by atoms with Crippen LogP contribution < -0.4 is 0 Å². The van der Waals surface area contributed by atoms with Crippen molar-refractivity contribution in [3.05, 3.63) is 37.0 Å². The number of rotatable bonds is 9. The van der Waals surface area contributed by atoms with Crippen molar-refractivity contribution in [2.45, 2.75) is 110 Å². The zero-order valence-corrected chi connectivity index (χ0v) is 19.4. The molecule has 0 aliphatic heterocycles. The van der Waals surface area contributed by atoms with Crippen LogP contribution in [0, 0.1) is 35.5 Å². The number of allylic oxidation sites excluding steroid dienone is 4. The minimum absolute atomic E-state index is 0.774. The standard InChI is InChI=1S/C29H48/c1-4-10-25-19-21-27(22-20-25)23(3)29-14-9-8-13-28(29)12-7-6-11-26-17-15-24(5-2)16-18-26/h5,7,12,24-29H,2-4,6,8-11,13-22H2,1H3/b12-7+. The summed E-state index contributed by atoms with van der Waals surface area (Å²) in [6.07, 6.45) is 29.9. The maximum Gasteiger partial charge on any atom is -0.0140 e. The third-order valence-electron chi connectivity index (χ3n) is 8.71. The molecule has 2 unspecified atom stereocenters. The molecule has 3 rings (SSSR count). The van der Waals surface area contributed by atoms with Gasteiger partial charge in [0, 0.05) is 0 Å². The zero-order valence-electron chi connectivity index (χ0n) is 19.4. The first-order chi connectivity index (χ1) is 14.2. The Morgan fingerprint density at radius 3 is 2.17 bits per heavy atom. The molecule has 3 aliphatic carbocycles. The highest BCUT2D eigenvalue weighted by molar-refractivity contribution is 5.13. The molecule has 0 aromatic carbocycles. The number of hydrogen-bond acceptors (Lipinski definition) is 0. The molecule has 0 radical (unpaired) electrons. The van der Waals surface area contributed by atoms with Crippen LogP contribution in [0.3, 0.4) is 0 Å². The van der Waals surface area contributed by atoms with Crippen molar-refractivity contribution >= 4 is 0 Å². The Balaban J connectivity index is 1.43. The molecule has 0 aromatic heterocycles. The summed E-state index contributed by atoms with van der Waals surface area (Å²) >= 11 is 0. The Labute approximate surface area is 182 Å². The van der Waals surface area contributed by atoms with Crippen molar-refractivity contribution in [3.63, 3.8) is 0 Å². The quantitative estimate of drug-likeness (QED) is 0.340. The Morgan fingerprint density at radius 1 is 0.828 bits per heavy atom. The van der Waals surface area contributed by atoms with Crippen molar-refractivity contribution in [2.75, 3.05) is 0 Å². The fourth-order valence-electron chi connectivity index (χ4n) is 6.70. The summed E-state index contributed by atoms with van der Waals surface area (Å²) in [7, 11) is 0. The maximum atomic E-state index is 4.70. The van der Waals surface area contributed by atoms with Crippen molar-refractivity contribution in [1.82, 2.24) is 0 Å². The third-order valence-corrected chi connectivity index (χ3v) is 8.71. The molecule has 0 N–H and O–H groups in total. The van der Waals surface area contributed by atoms with Crippen LogP contribution in [0.25, 0.3) is 0 Å². The summed E-state index contributed by atoms with van der Waals surface area (Å²) in [6.45, 7) is 11.0. The summed E-state index contributed by atoms with van der Waals surface area (Å²) in [5.74, 6) is 5.14. The minimum atomic E-state index is 0.774. The van der Waals surface area contributed by atoms with Gasteiger partial charge in [-0.3, -0.25) is 0 Å². The largest absolute Gasteiger partial charge is 0.103 e. The van der Waals surface area contributed by atoms with E-state index in [4.69, 9.17) is 6.58 Å². The molecule has 0 saturated heterocycles. The van der Waals surface area contributed by atoms with Gasteiger partial charge in [-0.2, -0.15) is 0 Å². The van der Waals surface area contributed by atoms with E-state index in [1.54, 1.807) is 5.57 Å². The molecule has 3 saturated carbocycles. The molecule has 0 spiro atoms. The lowest BCUT2D eigenvalue weighted by molar-refractivity contribution is 0.244. The average molecular weight is 397 g/mol. The Hall–Kier alpha value is -0.780.